The van der Waals surface area contributed by atoms with Gasteiger partial charge in [-0.15, -0.1) is 0 Å². The monoisotopic (exact) mass is 408 g/mol. The van der Waals surface area contributed by atoms with Gasteiger partial charge in [0.15, 0.2) is 0 Å². The second kappa shape index (κ2) is 9.09. The highest BCUT2D eigenvalue weighted by atomic mass is 16.3. The lowest BCUT2D eigenvalue weighted by atomic mass is 9.73. The molecule has 0 bridgehead atoms. The molecule has 4 rings (SSSR count). The Morgan fingerprint density at radius 3 is 2.50 bits per heavy atom. The van der Waals surface area contributed by atoms with Crippen molar-refractivity contribution in [3.63, 3.8) is 0 Å². The molecule has 1 saturated carbocycles. The topological polar surface area (TPSA) is 39.9 Å². The third kappa shape index (κ3) is 4.56. The lowest BCUT2D eigenvalue weighted by Crippen LogP contribution is -2.51. The molecular formula is C26H36N2O2. The first-order valence-corrected chi connectivity index (χ1v) is 11.4. The maximum absolute atomic E-state index is 12.3. The minimum absolute atomic E-state index is 0.0768. The fraction of sp³-hybridized carbons (Fsp3) is 0.538. The minimum Gasteiger partial charge on any atom is -0.469 e. The van der Waals surface area contributed by atoms with Gasteiger partial charge >= 0.3 is 0 Å². The molecule has 4 heteroatoms. The Kier molecular flexibility index (Phi) is 6.47. The summed E-state index contributed by atoms with van der Waals surface area (Å²) >= 11 is 0. The van der Waals surface area contributed by atoms with Crippen LogP contribution in [0.4, 0.5) is 0 Å². The van der Waals surface area contributed by atoms with E-state index in [4.69, 9.17) is 4.42 Å². The van der Waals surface area contributed by atoms with Crippen molar-refractivity contribution in [1.82, 2.24) is 9.80 Å². The third-order valence-corrected chi connectivity index (χ3v) is 7.25. The molecule has 1 saturated heterocycles. The molecule has 4 nitrogen and oxygen atoms in total. The Bertz CT molecular complexity index is 821. The maximum atomic E-state index is 12.3. The molecule has 1 aliphatic heterocycles. The second-order valence-corrected chi connectivity index (χ2v) is 9.41. The first kappa shape index (κ1) is 21.4. The van der Waals surface area contributed by atoms with Crippen LogP contribution >= 0.6 is 0 Å². The largest absolute Gasteiger partial charge is 0.469 e. The zero-order chi connectivity index (χ0) is 21.1. The van der Waals surface area contributed by atoms with Gasteiger partial charge in [-0.2, -0.15) is 0 Å². The molecule has 1 aromatic carbocycles. The number of hydrogen-bond donors (Lipinski definition) is 1. The summed E-state index contributed by atoms with van der Waals surface area (Å²) in [7, 11) is 2.19. The first-order chi connectivity index (χ1) is 14.5. The zero-order valence-corrected chi connectivity index (χ0v) is 18.5. The molecule has 0 radical (unpaired) electrons. The predicted molar refractivity (Wildman–Crippen MR) is 122 cm³/mol. The van der Waals surface area contributed by atoms with E-state index in [2.05, 4.69) is 54.6 Å². The van der Waals surface area contributed by atoms with Crippen LogP contribution in [0, 0.1) is 12.8 Å². The molecule has 0 amide bonds. The van der Waals surface area contributed by atoms with E-state index < -0.39 is 5.60 Å². The Morgan fingerprint density at radius 2 is 1.83 bits per heavy atom. The Hall–Kier alpha value is -1.88. The molecule has 162 valence electrons. The van der Waals surface area contributed by atoms with Crippen molar-refractivity contribution in [1.29, 1.82) is 0 Å². The maximum Gasteiger partial charge on any atom is 0.110 e. The van der Waals surface area contributed by atoms with Gasteiger partial charge in [0.25, 0.3) is 0 Å². The molecule has 0 spiro atoms. The van der Waals surface area contributed by atoms with Gasteiger partial charge < -0.3 is 19.3 Å². The third-order valence-electron chi connectivity index (χ3n) is 7.25. The van der Waals surface area contributed by atoms with Gasteiger partial charge in [-0.3, -0.25) is 0 Å². The number of piperazine rings is 1. The van der Waals surface area contributed by atoms with Gasteiger partial charge in [0, 0.05) is 51.0 Å². The van der Waals surface area contributed by atoms with Crippen LogP contribution in [0.25, 0.3) is 0 Å². The summed E-state index contributed by atoms with van der Waals surface area (Å²) in [5.74, 6) is 1.19. The highest BCUT2D eigenvalue weighted by Gasteiger charge is 2.45. The lowest BCUT2D eigenvalue weighted by Gasteiger charge is -2.42. The highest BCUT2D eigenvalue weighted by Crippen LogP contribution is 2.45. The van der Waals surface area contributed by atoms with Crippen molar-refractivity contribution in [2.75, 3.05) is 39.8 Å². The van der Waals surface area contributed by atoms with Crippen molar-refractivity contribution in [3.05, 3.63) is 71.7 Å². The molecule has 2 fully saturated rings. The van der Waals surface area contributed by atoms with E-state index in [1.54, 1.807) is 6.26 Å². The summed E-state index contributed by atoms with van der Waals surface area (Å²) in [4.78, 5) is 4.92. The highest BCUT2D eigenvalue weighted by molar-refractivity contribution is 5.33. The number of likely N-dealkylation sites (N-methyl/N-ethyl adjacent to an activating group) is 1. The summed E-state index contributed by atoms with van der Waals surface area (Å²) in [6, 6.07) is 12.5. The number of rotatable bonds is 5. The van der Waals surface area contributed by atoms with Crippen molar-refractivity contribution < 1.29 is 9.52 Å². The summed E-state index contributed by atoms with van der Waals surface area (Å²) < 4.78 is 5.77. The molecule has 1 aliphatic carbocycles. The molecule has 2 heterocycles. The fourth-order valence-corrected chi connectivity index (χ4v) is 5.21. The van der Waals surface area contributed by atoms with Crippen LogP contribution in [0.2, 0.25) is 0 Å². The van der Waals surface area contributed by atoms with Gasteiger partial charge in [-0.05, 0) is 50.1 Å². The lowest BCUT2D eigenvalue weighted by molar-refractivity contribution is -0.00842. The number of aryl methyl sites for hydroxylation is 1. The number of furan rings is 1. The van der Waals surface area contributed by atoms with E-state index in [1.807, 2.05) is 12.1 Å². The van der Waals surface area contributed by atoms with Gasteiger partial charge in [0.05, 0.1) is 11.9 Å². The van der Waals surface area contributed by atoms with Crippen LogP contribution < -0.4 is 0 Å². The number of benzene rings is 1. The number of nitrogens with zero attached hydrogens (tertiary/aromatic N) is 2. The molecule has 30 heavy (non-hydrogen) atoms. The summed E-state index contributed by atoms with van der Waals surface area (Å²) in [5.41, 5.74) is 2.40. The molecule has 1 aromatic heterocycles. The Labute approximate surface area is 181 Å². The molecule has 2 aliphatic rings. The standard InChI is InChI=1S/C26H36N2O2/c1-20-9-11-22(12-10-20)18-26(29)21(2)24(25-8-5-17-30-25)7-4-6-23(26)19-28-15-13-27(3)14-16-28/h5,8-12,17,23-24,29H,2,4,6-7,13-16,18-19H2,1,3H3. The van der Waals surface area contributed by atoms with Crippen LogP contribution in [0.1, 0.15) is 42.1 Å². The first-order valence-electron chi connectivity index (χ1n) is 11.4. The zero-order valence-electron chi connectivity index (χ0n) is 18.5. The predicted octanol–water partition coefficient (Wildman–Crippen LogP) is 4.25. The van der Waals surface area contributed by atoms with Crippen LogP contribution in [0.3, 0.4) is 0 Å². The van der Waals surface area contributed by atoms with Crippen molar-refractivity contribution in [3.8, 4) is 0 Å². The Balaban J connectivity index is 1.62. The summed E-state index contributed by atoms with van der Waals surface area (Å²) in [6.45, 7) is 11.9. The van der Waals surface area contributed by atoms with E-state index >= 15 is 0 Å². The van der Waals surface area contributed by atoms with Crippen LogP contribution in [0.5, 0.6) is 0 Å². The van der Waals surface area contributed by atoms with Crippen molar-refractivity contribution >= 4 is 0 Å². The molecule has 1 N–H and O–H groups in total. The van der Waals surface area contributed by atoms with Crippen molar-refractivity contribution in [2.24, 2.45) is 5.92 Å². The van der Waals surface area contributed by atoms with E-state index in [1.165, 1.54) is 11.1 Å². The molecule has 2 aromatic rings. The van der Waals surface area contributed by atoms with Crippen LogP contribution in [0.15, 0.2) is 59.2 Å². The SMILES string of the molecule is C=C1C(c2ccco2)CCCC(CN2CCN(C)CC2)C1(O)Cc1ccc(C)cc1. The quantitative estimate of drug-likeness (QED) is 0.593. The normalized spacial score (nSPS) is 29.1. The van der Waals surface area contributed by atoms with Gasteiger partial charge in [0.2, 0.25) is 0 Å². The van der Waals surface area contributed by atoms with Crippen LogP contribution in [-0.2, 0) is 6.42 Å². The van der Waals surface area contributed by atoms with Crippen LogP contribution in [-0.4, -0.2) is 60.3 Å². The average Bonchev–Trinajstić information content (AvgIpc) is 3.24. The molecule has 3 atom stereocenters. The summed E-state index contributed by atoms with van der Waals surface area (Å²) in [5, 5.41) is 12.3. The van der Waals surface area contributed by atoms with Gasteiger partial charge in [-0.25, -0.2) is 0 Å². The van der Waals surface area contributed by atoms with Gasteiger partial charge in [0.1, 0.15) is 5.76 Å². The smallest absolute Gasteiger partial charge is 0.110 e. The fourth-order valence-electron chi connectivity index (χ4n) is 5.21. The number of aliphatic hydroxyl groups is 1. The van der Waals surface area contributed by atoms with E-state index in [-0.39, 0.29) is 11.8 Å². The molecular weight excluding hydrogens is 372 g/mol. The van der Waals surface area contributed by atoms with Crippen molar-refractivity contribution in [2.45, 2.75) is 44.1 Å². The van der Waals surface area contributed by atoms with E-state index in [0.717, 1.165) is 63.3 Å². The average molecular weight is 409 g/mol. The van der Waals surface area contributed by atoms with E-state index in [9.17, 15) is 5.11 Å². The second-order valence-electron chi connectivity index (χ2n) is 9.41. The summed E-state index contributed by atoms with van der Waals surface area (Å²) in [6.07, 6.45) is 5.43. The van der Waals surface area contributed by atoms with Gasteiger partial charge in [-0.1, -0.05) is 42.8 Å². The van der Waals surface area contributed by atoms with E-state index in [0.29, 0.717) is 6.42 Å². The minimum atomic E-state index is -0.938. The number of hydrogen-bond acceptors (Lipinski definition) is 4. The molecule has 3 unspecified atom stereocenters. The Morgan fingerprint density at radius 1 is 1.10 bits per heavy atom.